The Morgan fingerprint density at radius 2 is 1.73 bits per heavy atom. The highest BCUT2D eigenvalue weighted by atomic mass is 32.2. The smallest absolute Gasteiger partial charge is 0.337 e. The first-order chi connectivity index (χ1) is 15.5. The van der Waals surface area contributed by atoms with Crippen LogP contribution >= 0.6 is 12.2 Å². The zero-order valence-electron chi connectivity index (χ0n) is 17.8. The van der Waals surface area contributed by atoms with Crippen molar-refractivity contribution in [3.63, 3.8) is 0 Å². The van der Waals surface area contributed by atoms with Crippen LogP contribution in [0.1, 0.15) is 22.3 Å². The zero-order chi connectivity index (χ0) is 24.3. The lowest BCUT2D eigenvalue weighted by atomic mass is 10.1. The molecule has 0 aromatic heterocycles. The van der Waals surface area contributed by atoms with Crippen LogP contribution in [0, 0.1) is 0 Å². The van der Waals surface area contributed by atoms with E-state index >= 15 is 0 Å². The number of esters is 1. The van der Waals surface area contributed by atoms with Gasteiger partial charge in [0.1, 0.15) is 6.04 Å². The molecule has 1 fully saturated rings. The van der Waals surface area contributed by atoms with Crippen LogP contribution in [0.3, 0.4) is 0 Å². The number of likely N-dealkylation sites (N-methyl/N-ethyl adjacent to an activating group) is 1. The number of methoxy groups -OCH3 is 1. The molecule has 2 aromatic rings. The molecule has 0 spiro atoms. The van der Waals surface area contributed by atoms with Gasteiger partial charge in [-0.3, -0.25) is 14.5 Å². The topological polar surface area (TPSA) is 139 Å². The SMILES string of the molecule is COC(=O)c1ccc(NC(=O)C[C@H]2C(=O)N(C)C(=S)N2Cc2ccc(S(N)(=O)=O)cc2)cc1. The minimum Gasteiger partial charge on any atom is -0.465 e. The Morgan fingerprint density at radius 3 is 2.27 bits per heavy atom. The highest BCUT2D eigenvalue weighted by molar-refractivity contribution is 7.89. The fourth-order valence-corrected chi connectivity index (χ4v) is 4.13. The summed E-state index contributed by atoms with van der Waals surface area (Å²) in [5.41, 5.74) is 1.49. The molecule has 3 rings (SSSR count). The first kappa shape index (κ1) is 24.3. The van der Waals surface area contributed by atoms with E-state index in [0.717, 1.165) is 0 Å². The van der Waals surface area contributed by atoms with E-state index in [0.29, 0.717) is 16.8 Å². The van der Waals surface area contributed by atoms with Gasteiger partial charge in [-0.05, 0) is 54.2 Å². The third-order valence-corrected chi connectivity index (χ3v) is 6.54. The van der Waals surface area contributed by atoms with Gasteiger partial charge in [-0.2, -0.15) is 0 Å². The summed E-state index contributed by atoms with van der Waals surface area (Å²) in [5.74, 6) is -1.22. The van der Waals surface area contributed by atoms with Gasteiger partial charge < -0.3 is 15.0 Å². The first-order valence-electron chi connectivity index (χ1n) is 9.69. The van der Waals surface area contributed by atoms with Crippen molar-refractivity contribution >= 4 is 50.8 Å². The summed E-state index contributed by atoms with van der Waals surface area (Å²) in [6.45, 7) is 0.200. The van der Waals surface area contributed by atoms with Crippen LogP contribution in [0.15, 0.2) is 53.4 Å². The standard InChI is InChI=1S/C21H22N4O6S2/c1-24-19(27)17(11-18(26)23-15-7-5-14(6-8-15)20(28)31-2)25(21(24)32)12-13-3-9-16(10-4-13)33(22,29)30/h3-10,17H,11-12H2,1-2H3,(H,23,26)(H2,22,29,30)/t17-/m0/s1. The monoisotopic (exact) mass is 490 g/mol. The van der Waals surface area contributed by atoms with E-state index in [1.54, 1.807) is 29.2 Å². The lowest BCUT2D eigenvalue weighted by molar-refractivity contribution is -0.130. The van der Waals surface area contributed by atoms with Gasteiger partial charge in [0.15, 0.2) is 5.11 Å². The lowest BCUT2D eigenvalue weighted by Crippen LogP contribution is -2.37. The molecule has 2 amide bonds. The minimum atomic E-state index is -3.82. The second-order valence-corrected chi connectivity index (χ2v) is 9.26. The molecule has 0 saturated carbocycles. The molecule has 2 aromatic carbocycles. The van der Waals surface area contributed by atoms with E-state index in [4.69, 9.17) is 17.4 Å². The summed E-state index contributed by atoms with van der Waals surface area (Å²) in [7, 11) is -1.01. The summed E-state index contributed by atoms with van der Waals surface area (Å²) in [5, 5.41) is 8.08. The molecule has 3 N–H and O–H groups in total. The number of nitrogens with one attached hydrogen (secondary N) is 1. The number of hydrogen-bond acceptors (Lipinski definition) is 7. The lowest BCUT2D eigenvalue weighted by Gasteiger charge is -2.23. The third kappa shape index (κ3) is 5.53. The summed E-state index contributed by atoms with van der Waals surface area (Å²) < 4.78 is 27.5. The molecule has 1 atom stereocenters. The van der Waals surface area contributed by atoms with Crippen LogP contribution in [-0.2, 0) is 30.9 Å². The number of carbonyl (C=O) groups is 3. The molecule has 1 aliphatic rings. The van der Waals surface area contributed by atoms with Crippen molar-refractivity contribution in [1.82, 2.24) is 9.80 Å². The van der Waals surface area contributed by atoms with Crippen molar-refractivity contribution in [2.24, 2.45) is 5.14 Å². The molecule has 1 saturated heterocycles. The van der Waals surface area contributed by atoms with E-state index in [1.807, 2.05) is 0 Å². The summed E-state index contributed by atoms with van der Waals surface area (Å²) in [4.78, 5) is 39.8. The van der Waals surface area contributed by atoms with Gasteiger partial charge >= 0.3 is 5.97 Å². The molecule has 0 bridgehead atoms. The van der Waals surface area contributed by atoms with Crippen molar-refractivity contribution in [3.8, 4) is 0 Å². The number of primary sulfonamides is 1. The van der Waals surface area contributed by atoms with Crippen molar-refractivity contribution in [2.75, 3.05) is 19.5 Å². The average Bonchev–Trinajstić information content (AvgIpc) is 2.97. The Hall–Kier alpha value is -3.35. The van der Waals surface area contributed by atoms with Crippen molar-refractivity contribution < 1.29 is 27.5 Å². The average molecular weight is 491 g/mol. The van der Waals surface area contributed by atoms with Crippen LogP contribution in [0.4, 0.5) is 5.69 Å². The first-order valence-corrected chi connectivity index (χ1v) is 11.6. The molecule has 174 valence electrons. The number of benzene rings is 2. The Balaban J connectivity index is 1.71. The molecular weight excluding hydrogens is 468 g/mol. The maximum atomic E-state index is 12.7. The van der Waals surface area contributed by atoms with E-state index in [1.165, 1.54) is 43.3 Å². The third-order valence-electron chi connectivity index (χ3n) is 5.10. The van der Waals surface area contributed by atoms with Gasteiger partial charge in [0.25, 0.3) is 5.91 Å². The predicted octanol–water partition coefficient (Wildman–Crippen LogP) is 1.08. The Kier molecular flexibility index (Phi) is 7.10. The number of amides is 2. The summed E-state index contributed by atoms with van der Waals surface area (Å²) >= 11 is 5.37. The number of anilines is 1. The maximum Gasteiger partial charge on any atom is 0.337 e. The van der Waals surface area contributed by atoms with E-state index < -0.39 is 27.9 Å². The minimum absolute atomic E-state index is 0.0300. The van der Waals surface area contributed by atoms with Crippen LogP contribution in [0.5, 0.6) is 0 Å². The fraction of sp³-hybridized carbons (Fsp3) is 0.238. The number of nitrogens with zero attached hydrogens (tertiary/aromatic N) is 2. The molecule has 10 nitrogen and oxygen atoms in total. The van der Waals surface area contributed by atoms with Crippen LogP contribution in [-0.4, -0.2) is 61.3 Å². The number of hydrogen-bond donors (Lipinski definition) is 2. The molecule has 1 aliphatic heterocycles. The summed E-state index contributed by atoms with van der Waals surface area (Å²) in [6, 6.07) is 11.2. The molecule has 1 heterocycles. The van der Waals surface area contributed by atoms with Crippen molar-refractivity contribution in [2.45, 2.75) is 23.9 Å². The van der Waals surface area contributed by atoms with Gasteiger partial charge in [0.2, 0.25) is 15.9 Å². The Bertz CT molecular complexity index is 1200. The van der Waals surface area contributed by atoms with Crippen LogP contribution < -0.4 is 10.5 Å². The van der Waals surface area contributed by atoms with E-state index in [9.17, 15) is 22.8 Å². The molecule has 12 heteroatoms. The maximum absolute atomic E-state index is 12.7. The van der Waals surface area contributed by atoms with E-state index in [-0.39, 0.29) is 28.9 Å². The number of carbonyl (C=O) groups excluding carboxylic acids is 3. The van der Waals surface area contributed by atoms with E-state index in [2.05, 4.69) is 10.1 Å². The van der Waals surface area contributed by atoms with Crippen molar-refractivity contribution in [1.29, 1.82) is 0 Å². The Morgan fingerprint density at radius 1 is 1.12 bits per heavy atom. The highest BCUT2D eigenvalue weighted by Crippen LogP contribution is 2.23. The number of nitrogens with two attached hydrogens (primary N) is 1. The molecule has 0 unspecified atom stereocenters. The summed E-state index contributed by atoms with van der Waals surface area (Å²) in [6.07, 6.45) is -0.155. The number of ether oxygens (including phenoxy) is 1. The highest BCUT2D eigenvalue weighted by Gasteiger charge is 2.41. The van der Waals surface area contributed by atoms with Crippen LogP contribution in [0.25, 0.3) is 0 Å². The quantitative estimate of drug-likeness (QED) is 0.434. The molecular formula is C21H22N4O6S2. The molecule has 33 heavy (non-hydrogen) atoms. The second kappa shape index (κ2) is 9.65. The fourth-order valence-electron chi connectivity index (χ4n) is 3.33. The van der Waals surface area contributed by atoms with Crippen molar-refractivity contribution in [3.05, 3.63) is 59.7 Å². The molecule has 0 radical (unpaired) electrons. The second-order valence-electron chi connectivity index (χ2n) is 7.33. The molecule has 0 aliphatic carbocycles. The van der Waals surface area contributed by atoms with Gasteiger partial charge in [-0.25, -0.2) is 18.4 Å². The Labute approximate surface area is 196 Å². The zero-order valence-corrected chi connectivity index (χ0v) is 19.5. The number of rotatable bonds is 7. The van der Waals surface area contributed by atoms with Gasteiger partial charge in [-0.1, -0.05) is 12.1 Å². The van der Waals surface area contributed by atoms with Gasteiger partial charge in [0, 0.05) is 19.3 Å². The van der Waals surface area contributed by atoms with Crippen LogP contribution in [0.2, 0.25) is 0 Å². The number of sulfonamides is 1. The van der Waals surface area contributed by atoms with Gasteiger partial charge in [0.05, 0.1) is 24.0 Å². The normalized spacial score (nSPS) is 16.2. The predicted molar refractivity (Wildman–Crippen MR) is 124 cm³/mol. The number of thiocarbonyl (C=S) groups is 1. The van der Waals surface area contributed by atoms with Gasteiger partial charge in [-0.15, -0.1) is 0 Å². The largest absolute Gasteiger partial charge is 0.465 e.